The van der Waals surface area contributed by atoms with Gasteiger partial charge in [0, 0.05) is 0 Å². The summed E-state index contributed by atoms with van der Waals surface area (Å²) in [5, 5.41) is 0. The molecular formula is C17H19ClF3NO2. The number of nitrogens with two attached hydrogens (primary N) is 1. The summed E-state index contributed by atoms with van der Waals surface area (Å²) < 4.78 is 49.2. The Morgan fingerprint density at radius 1 is 1.00 bits per heavy atom. The first-order valence-corrected chi connectivity index (χ1v) is 7.17. The third kappa shape index (κ3) is 5.32. The molecule has 3 nitrogen and oxygen atoms in total. The second-order valence-electron chi connectivity index (χ2n) is 4.93. The van der Waals surface area contributed by atoms with Crippen molar-refractivity contribution >= 4 is 12.4 Å². The molecule has 0 fully saturated rings. The Morgan fingerprint density at radius 2 is 1.67 bits per heavy atom. The van der Waals surface area contributed by atoms with Crippen LogP contribution in [0.1, 0.15) is 24.1 Å². The van der Waals surface area contributed by atoms with Gasteiger partial charge in [0.05, 0.1) is 6.61 Å². The van der Waals surface area contributed by atoms with E-state index >= 15 is 0 Å². The fraction of sp³-hybridized carbons (Fsp3) is 0.294. The zero-order valence-corrected chi connectivity index (χ0v) is 13.9. The zero-order chi connectivity index (χ0) is 16.9. The van der Waals surface area contributed by atoms with Crippen molar-refractivity contribution in [1.29, 1.82) is 0 Å². The molecule has 2 N–H and O–H groups in total. The molecule has 132 valence electrons. The zero-order valence-electron chi connectivity index (χ0n) is 13.0. The standard InChI is InChI=1S/C17H18F3NO2.ClH/c1-2-22-15-10-13(16(21)17(18,19)20)8-9-14(15)23-11-12-6-4-3-5-7-12;/h3-10,16H,2,11,21H2,1H3;1H/t16-;/m0./s1. The van der Waals surface area contributed by atoms with Crippen LogP contribution >= 0.6 is 12.4 Å². The van der Waals surface area contributed by atoms with Crippen LogP contribution < -0.4 is 15.2 Å². The molecule has 0 aromatic heterocycles. The van der Waals surface area contributed by atoms with Gasteiger partial charge in [0.2, 0.25) is 0 Å². The second-order valence-corrected chi connectivity index (χ2v) is 4.93. The van der Waals surface area contributed by atoms with Gasteiger partial charge >= 0.3 is 6.18 Å². The van der Waals surface area contributed by atoms with Crippen molar-refractivity contribution < 1.29 is 22.6 Å². The molecule has 2 aromatic carbocycles. The van der Waals surface area contributed by atoms with Crippen LogP contribution in [0, 0.1) is 0 Å². The Labute approximate surface area is 145 Å². The molecule has 0 amide bonds. The van der Waals surface area contributed by atoms with Gasteiger partial charge in [-0.2, -0.15) is 13.2 Å². The molecule has 0 aliphatic rings. The third-order valence-electron chi connectivity index (χ3n) is 3.22. The predicted molar refractivity (Wildman–Crippen MR) is 88.6 cm³/mol. The molecule has 1 atom stereocenters. The van der Waals surface area contributed by atoms with Crippen molar-refractivity contribution in [3.05, 3.63) is 59.7 Å². The van der Waals surface area contributed by atoms with E-state index < -0.39 is 12.2 Å². The maximum Gasteiger partial charge on any atom is 0.407 e. The van der Waals surface area contributed by atoms with E-state index in [2.05, 4.69) is 0 Å². The minimum Gasteiger partial charge on any atom is -0.490 e. The molecule has 0 saturated carbocycles. The van der Waals surface area contributed by atoms with Crippen LogP contribution in [0.5, 0.6) is 11.5 Å². The largest absolute Gasteiger partial charge is 0.490 e. The highest BCUT2D eigenvalue weighted by Gasteiger charge is 2.38. The number of alkyl halides is 3. The summed E-state index contributed by atoms with van der Waals surface area (Å²) in [6.07, 6.45) is -4.50. The maximum absolute atomic E-state index is 12.7. The highest BCUT2D eigenvalue weighted by molar-refractivity contribution is 5.85. The Kier molecular flexibility index (Phi) is 7.38. The van der Waals surface area contributed by atoms with E-state index in [9.17, 15) is 13.2 Å². The Morgan fingerprint density at radius 3 is 2.25 bits per heavy atom. The molecule has 0 unspecified atom stereocenters. The third-order valence-corrected chi connectivity index (χ3v) is 3.22. The van der Waals surface area contributed by atoms with Crippen LogP contribution in [0.2, 0.25) is 0 Å². The van der Waals surface area contributed by atoms with Crippen molar-refractivity contribution in [1.82, 2.24) is 0 Å². The lowest BCUT2D eigenvalue weighted by molar-refractivity contribution is -0.149. The Balaban J connectivity index is 0.00000288. The minimum atomic E-state index is -4.50. The van der Waals surface area contributed by atoms with Gasteiger partial charge in [0.15, 0.2) is 11.5 Å². The van der Waals surface area contributed by atoms with Crippen molar-refractivity contribution in [2.45, 2.75) is 25.7 Å². The van der Waals surface area contributed by atoms with Crippen LogP contribution in [-0.2, 0) is 6.61 Å². The lowest BCUT2D eigenvalue weighted by Gasteiger charge is -2.18. The number of ether oxygens (including phenoxy) is 2. The first kappa shape index (κ1) is 20.1. The lowest BCUT2D eigenvalue weighted by atomic mass is 10.1. The summed E-state index contributed by atoms with van der Waals surface area (Å²) in [7, 11) is 0. The number of hydrogen-bond donors (Lipinski definition) is 1. The number of benzene rings is 2. The molecule has 7 heteroatoms. The summed E-state index contributed by atoms with van der Waals surface area (Å²) in [4.78, 5) is 0. The van der Waals surface area contributed by atoms with Gasteiger partial charge in [-0.25, -0.2) is 0 Å². The smallest absolute Gasteiger partial charge is 0.407 e. The fourth-order valence-corrected chi connectivity index (χ4v) is 2.03. The van der Waals surface area contributed by atoms with E-state index in [0.717, 1.165) is 5.56 Å². The van der Waals surface area contributed by atoms with Crippen molar-refractivity contribution in [2.75, 3.05) is 6.61 Å². The SMILES string of the molecule is CCOc1cc([C@H](N)C(F)(F)F)ccc1OCc1ccccc1.Cl. The molecule has 0 heterocycles. The van der Waals surface area contributed by atoms with E-state index in [1.54, 1.807) is 6.92 Å². The summed E-state index contributed by atoms with van der Waals surface area (Å²) >= 11 is 0. The average Bonchev–Trinajstić information content (AvgIpc) is 2.53. The van der Waals surface area contributed by atoms with Crippen molar-refractivity contribution in [2.24, 2.45) is 5.73 Å². The van der Waals surface area contributed by atoms with Gasteiger partial charge in [-0.3, -0.25) is 0 Å². The second kappa shape index (κ2) is 8.80. The van der Waals surface area contributed by atoms with Crippen LogP contribution in [-0.4, -0.2) is 12.8 Å². The maximum atomic E-state index is 12.7. The molecule has 0 radical (unpaired) electrons. The van der Waals surface area contributed by atoms with Gasteiger partial charge in [0.25, 0.3) is 0 Å². The summed E-state index contributed by atoms with van der Waals surface area (Å²) in [6, 6.07) is 11.4. The molecule has 0 aliphatic heterocycles. The first-order chi connectivity index (χ1) is 10.9. The van der Waals surface area contributed by atoms with Gasteiger partial charge in [-0.15, -0.1) is 12.4 Å². The quantitative estimate of drug-likeness (QED) is 0.814. The van der Waals surface area contributed by atoms with Crippen molar-refractivity contribution in [3.8, 4) is 11.5 Å². The topological polar surface area (TPSA) is 44.5 Å². The summed E-state index contributed by atoms with van der Waals surface area (Å²) in [5.41, 5.74) is 6.12. The van der Waals surface area contributed by atoms with Crippen LogP contribution in [0.15, 0.2) is 48.5 Å². The number of hydrogen-bond acceptors (Lipinski definition) is 3. The van der Waals surface area contributed by atoms with Gasteiger partial charge in [0.1, 0.15) is 12.6 Å². The van der Waals surface area contributed by atoms with E-state index in [4.69, 9.17) is 15.2 Å². The normalized spacial score (nSPS) is 12.2. The molecule has 2 rings (SSSR count). The van der Waals surface area contributed by atoms with Gasteiger partial charge < -0.3 is 15.2 Å². The molecule has 2 aromatic rings. The van der Waals surface area contributed by atoms with Gasteiger partial charge in [-0.1, -0.05) is 36.4 Å². The van der Waals surface area contributed by atoms with Crippen LogP contribution in [0.25, 0.3) is 0 Å². The Hall–Kier alpha value is -1.92. The molecule has 0 aliphatic carbocycles. The first-order valence-electron chi connectivity index (χ1n) is 7.17. The van der Waals surface area contributed by atoms with Gasteiger partial charge in [-0.05, 0) is 30.2 Å². The number of rotatable bonds is 6. The Bertz CT molecular complexity index is 635. The molecule has 0 saturated heterocycles. The molecule has 0 spiro atoms. The lowest BCUT2D eigenvalue weighted by Crippen LogP contribution is -2.28. The molecule has 24 heavy (non-hydrogen) atoms. The highest BCUT2D eigenvalue weighted by atomic mass is 35.5. The molecule has 0 bridgehead atoms. The average molecular weight is 362 g/mol. The monoisotopic (exact) mass is 361 g/mol. The summed E-state index contributed by atoms with van der Waals surface area (Å²) in [6.45, 7) is 2.36. The van der Waals surface area contributed by atoms with Crippen LogP contribution in [0.4, 0.5) is 13.2 Å². The van der Waals surface area contributed by atoms with E-state index in [1.807, 2.05) is 30.3 Å². The van der Waals surface area contributed by atoms with Crippen LogP contribution in [0.3, 0.4) is 0 Å². The highest BCUT2D eigenvalue weighted by Crippen LogP contribution is 2.36. The van der Waals surface area contributed by atoms with E-state index in [1.165, 1.54) is 18.2 Å². The van der Waals surface area contributed by atoms with Crippen molar-refractivity contribution in [3.63, 3.8) is 0 Å². The molecular weight excluding hydrogens is 343 g/mol. The van der Waals surface area contributed by atoms with E-state index in [0.29, 0.717) is 19.0 Å². The fourth-order valence-electron chi connectivity index (χ4n) is 2.03. The minimum absolute atomic E-state index is 0. The summed E-state index contributed by atoms with van der Waals surface area (Å²) in [5.74, 6) is 0.634. The number of halogens is 4. The predicted octanol–water partition coefficient (Wildman–Crippen LogP) is 4.65. The van der Waals surface area contributed by atoms with E-state index in [-0.39, 0.29) is 23.7 Å².